The molecular formula is C29H32Cl3N3O4S. The van der Waals surface area contributed by atoms with Crippen molar-refractivity contribution in [3.8, 4) is 0 Å². The summed E-state index contributed by atoms with van der Waals surface area (Å²) in [6, 6.07) is 16.4. The molecule has 0 unspecified atom stereocenters. The van der Waals surface area contributed by atoms with Crippen LogP contribution < -0.4 is 9.62 Å². The summed E-state index contributed by atoms with van der Waals surface area (Å²) in [5.74, 6) is -0.929. The number of carbonyl (C=O) groups excluding carboxylic acids is 2. The maximum atomic E-state index is 13.9. The molecule has 7 nitrogen and oxygen atoms in total. The van der Waals surface area contributed by atoms with Gasteiger partial charge in [0.25, 0.3) is 10.0 Å². The van der Waals surface area contributed by atoms with Gasteiger partial charge in [0.2, 0.25) is 11.8 Å². The zero-order chi connectivity index (χ0) is 29.6. The second-order valence-corrected chi connectivity index (χ2v) is 12.7. The van der Waals surface area contributed by atoms with Gasteiger partial charge in [0.05, 0.1) is 20.6 Å². The highest BCUT2D eigenvalue weighted by molar-refractivity contribution is 7.92. The van der Waals surface area contributed by atoms with Gasteiger partial charge in [0, 0.05) is 17.6 Å². The number of nitrogens with zero attached hydrogens (tertiary/aromatic N) is 2. The van der Waals surface area contributed by atoms with Crippen molar-refractivity contribution in [3.63, 3.8) is 0 Å². The van der Waals surface area contributed by atoms with Crippen molar-refractivity contribution < 1.29 is 18.0 Å². The summed E-state index contributed by atoms with van der Waals surface area (Å²) in [6.45, 7) is 6.76. The van der Waals surface area contributed by atoms with Crippen LogP contribution in [0.5, 0.6) is 0 Å². The molecule has 214 valence electrons. The van der Waals surface area contributed by atoms with Gasteiger partial charge in [-0.1, -0.05) is 65.5 Å². The van der Waals surface area contributed by atoms with Crippen LogP contribution in [0.25, 0.3) is 0 Å². The highest BCUT2D eigenvalue weighted by Gasteiger charge is 2.32. The lowest BCUT2D eigenvalue weighted by atomic mass is 10.1. The molecule has 0 radical (unpaired) electrons. The van der Waals surface area contributed by atoms with Crippen molar-refractivity contribution in [3.05, 3.63) is 92.9 Å². The summed E-state index contributed by atoms with van der Waals surface area (Å²) in [5, 5.41) is 3.93. The Balaban J connectivity index is 2.03. The average Bonchev–Trinajstić information content (AvgIpc) is 2.92. The van der Waals surface area contributed by atoms with E-state index >= 15 is 0 Å². The highest BCUT2D eigenvalue weighted by Crippen LogP contribution is 2.27. The first-order chi connectivity index (χ1) is 18.8. The monoisotopic (exact) mass is 623 g/mol. The van der Waals surface area contributed by atoms with E-state index in [0.717, 1.165) is 9.87 Å². The van der Waals surface area contributed by atoms with Crippen LogP contribution in [-0.4, -0.2) is 43.8 Å². The summed E-state index contributed by atoms with van der Waals surface area (Å²) < 4.78 is 28.7. The molecule has 0 saturated carbocycles. The van der Waals surface area contributed by atoms with Crippen LogP contribution in [0.3, 0.4) is 0 Å². The molecule has 40 heavy (non-hydrogen) atoms. The topological polar surface area (TPSA) is 86.8 Å². The molecule has 3 aromatic carbocycles. The Morgan fingerprint density at radius 3 is 2.10 bits per heavy atom. The fraction of sp³-hybridized carbons (Fsp3) is 0.310. The molecule has 3 aromatic rings. The largest absolute Gasteiger partial charge is 0.352 e. The van der Waals surface area contributed by atoms with Crippen molar-refractivity contribution >= 4 is 62.3 Å². The Kier molecular flexibility index (Phi) is 10.9. The Hall–Kier alpha value is -2.78. The molecule has 11 heteroatoms. The Morgan fingerprint density at radius 1 is 0.900 bits per heavy atom. The minimum absolute atomic E-state index is 0.00749. The van der Waals surface area contributed by atoms with Crippen LogP contribution >= 0.6 is 34.8 Å². The van der Waals surface area contributed by atoms with E-state index in [0.29, 0.717) is 32.7 Å². The van der Waals surface area contributed by atoms with Gasteiger partial charge < -0.3 is 10.2 Å². The van der Waals surface area contributed by atoms with Crippen molar-refractivity contribution in [1.29, 1.82) is 0 Å². The summed E-state index contributed by atoms with van der Waals surface area (Å²) in [5.41, 5.74) is 1.86. The lowest BCUT2D eigenvalue weighted by Gasteiger charge is -2.32. The maximum absolute atomic E-state index is 13.9. The molecule has 0 fully saturated rings. The van der Waals surface area contributed by atoms with Gasteiger partial charge in [-0.25, -0.2) is 8.42 Å². The molecule has 2 amide bonds. The predicted molar refractivity (Wildman–Crippen MR) is 162 cm³/mol. The number of nitrogens with one attached hydrogen (secondary N) is 1. The molecule has 1 N–H and O–H groups in total. The maximum Gasteiger partial charge on any atom is 0.264 e. The van der Waals surface area contributed by atoms with E-state index in [4.69, 9.17) is 34.8 Å². The molecule has 0 aliphatic rings. The first-order valence-corrected chi connectivity index (χ1v) is 15.3. The Labute approximate surface area is 251 Å². The molecule has 0 spiro atoms. The van der Waals surface area contributed by atoms with E-state index < -0.39 is 28.5 Å². The van der Waals surface area contributed by atoms with E-state index in [2.05, 4.69) is 5.32 Å². The minimum atomic E-state index is -4.18. The second-order valence-electron chi connectivity index (χ2n) is 9.57. The standard InChI is InChI=1S/C29H32Cl3N3O4S/c1-5-20(3)33-29(37)21(4)34(17-22-8-15-26(31)27(32)16-22)28(36)18-35(24-11-6-19(2)7-12-24)40(38,39)25-13-9-23(30)10-14-25/h6-16,20-21H,5,17-18H2,1-4H3,(H,33,37)/t20-,21+/m0/s1. The number of rotatable bonds is 11. The van der Waals surface area contributed by atoms with Gasteiger partial charge in [-0.2, -0.15) is 0 Å². The first-order valence-electron chi connectivity index (χ1n) is 12.7. The van der Waals surface area contributed by atoms with Crippen LogP contribution in [0, 0.1) is 6.92 Å². The van der Waals surface area contributed by atoms with Crippen molar-refractivity contribution in [1.82, 2.24) is 10.2 Å². The number of anilines is 1. The van der Waals surface area contributed by atoms with Crippen LogP contribution in [-0.2, 0) is 26.2 Å². The zero-order valence-corrected chi connectivity index (χ0v) is 25.8. The summed E-state index contributed by atoms with van der Waals surface area (Å²) in [6.07, 6.45) is 0.708. The van der Waals surface area contributed by atoms with Gasteiger partial charge in [0.1, 0.15) is 12.6 Å². The third-order valence-electron chi connectivity index (χ3n) is 6.51. The van der Waals surface area contributed by atoms with E-state index in [1.807, 2.05) is 20.8 Å². The van der Waals surface area contributed by atoms with Gasteiger partial charge in [-0.3, -0.25) is 13.9 Å². The molecule has 0 heterocycles. The quantitative estimate of drug-likeness (QED) is 0.265. The summed E-state index contributed by atoms with van der Waals surface area (Å²) >= 11 is 18.3. The van der Waals surface area contributed by atoms with Crippen molar-refractivity contribution in [2.75, 3.05) is 10.8 Å². The molecule has 0 aliphatic heterocycles. The third kappa shape index (κ3) is 7.91. The predicted octanol–water partition coefficient (Wildman–Crippen LogP) is 6.48. The van der Waals surface area contributed by atoms with E-state index in [1.54, 1.807) is 49.4 Å². The summed E-state index contributed by atoms with van der Waals surface area (Å²) in [7, 11) is -4.18. The molecule has 0 aromatic heterocycles. The van der Waals surface area contributed by atoms with Crippen LogP contribution in [0.15, 0.2) is 71.6 Å². The average molecular weight is 625 g/mol. The number of benzene rings is 3. The fourth-order valence-electron chi connectivity index (χ4n) is 3.86. The molecule has 3 rings (SSSR count). The summed E-state index contributed by atoms with van der Waals surface area (Å²) in [4.78, 5) is 28.4. The van der Waals surface area contributed by atoms with Crippen LogP contribution in [0.1, 0.15) is 38.3 Å². The Morgan fingerprint density at radius 2 is 1.52 bits per heavy atom. The number of hydrogen-bond acceptors (Lipinski definition) is 4. The van der Waals surface area contributed by atoms with Crippen LogP contribution in [0.2, 0.25) is 15.1 Å². The van der Waals surface area contributed by atoms with E-state index in [9.17, 15) is 18.0 Å². The van der Waals surface area contributed by atoms with E-state index in [1.165, 1.54) is 29.2 Å². The smallest absolute Gasteiger partial charge is 0.264 e. The van der Waals surface area contributed by atoms with Crippen LogP contribution in [0.4, 0.5) is 5.69 Å². The number of aryl methyl sites for hydroxylation is 1. The molecule has 0 aliphatic carbocycles. The molecular weight excluding hydrogens is 593 g/mol. The second kappa shape index (κ2) is 13.7. The first kappa shape index (κ1) is 31.7. The lowest BCUT2D eigenvalue weighted by Crippen LogP contribution is -2.52. The molecule has 0 saturated heterocycles. The number of hydrogen-bond donors (Lipinski definition) is 1. The van der Waals surface area contributed by atoms with Gasteiger partial charge >= 0.3 is 0 Å². The molecule has 0 bridgehead atoms. The lowest BCUT2D eigenvalue weighted by molar-refractivity contribution is -0.139. The number of halogens is 3. The molecule has 2 atom stereocenters. The minimum Gasteiger partial charge on any atom is -0.352 e. The third-order valence-corrected chi connectivity index (χ3v) is 9.29. The number of carbonyl (C=O) groups is 2. The van der Waals surface area contributed by atoms with Gasteiger partial charge in [0.15, 0.2) is 0 Å². The van der Waals surface area contributed by atoms with Crippen molar-refractivity contribution in [2.45, 2.75) is 57.6 Å². The Bertz CT molecular complexity index is 1450. The van der Waals surface area contributed by atoms with Gasteiger partial charge in [-0.05, 0) is 81.3 Å². The highest BCUT2D eigenvalue weighted by atomic mass is 35.5. The number of sulfonamides is 1. The van der Waals surface area contributed by atoms with Gasteiger partial charge in [-0.15, -0.1) is 0 Å². The normalized spacial score (nSPS) is 12.9. The van der Waals surface area contributed by atoms with Crippen molar-refractivity contribution in [2.24, 2.45) is 0 Å². The zero-order valence-electron chi connectivity index (χ0n) is 22.7. The fourth-order valence-corrected chi connectivity index (χ4v) is 5.72. The van der Waals surface area contributed by atoms with E-state index in [-0.39, 0.29) is 23.4 Å². The SMILES string of the molecule is CC[C@H](C)NC(=O)[C@@H](C)N(Cc1ccc(Cl)c(Cl)c1)C(=O)CN(c1ccc(C)cc1)S(=O)(=O)c1ccc(Cl)cc1. The number of amides is 2.